The first kappa shape index (κ1) is 22.6. The number of halogens is 2. The highest BCUT2D eigenvalue weighted by Gasteiger charge is 2.17. The Labute approximate surface area is 203 Å². The SMILES string of the molecule is COc1cc(Br)c(Br)c(C=Nc2ccc(-c3nc4cc(C(C)(C)C)ccc4o3)cc2)c1O. The summed E-state index contributed by atoms with van der Waals surface area (Å²) in [5.41, 5.74) is 4.99. The van der Waals surface area contributed by atoms with Gasteiger partial charge in [0.1, 0.15) is 5.52 Å². The molecule has 0 saturated carbocycles. The van der Waals surface area contributed by atoms with E-state index in [9.17, 15) is 5.11 Å². The zero-order valence-electron chi connectivity index (χ0n) is 18.1. The van der Waals surface area contributed by atoms with Crippen molar-refractivity contribution >= 4 is 54.9 Å². The van der Waals surface area contributed by atoms with Gasteiger partial charge in [-0.15, -0.1) is 0 Å². The summed E-state index contributed by atoms with van der Waals surface area (Å²) in [5.74, 6) is 0.949. The summed E-state index contributed by atoms with van der Waals surface area (Å²) in [7, 11) is 1.51. The van der Waals surface area contributed by atoms with Gasteiger partial charge in [0.15, 0.2) is 17.1 Å². The Hall–Kier alpha value is -2.64. The number of benzene rings is 3. The van der Waals surface area contributed by atoms with E-state index >= 15 is 0 Å². The summed E-state index contributed by atoms with van der Waals surface area (Å²) in [6, 6.07) is 15.4. The van der Waals surface area contributed by atoms with Gasteiger partial charge >= 0.3 is 0 Å². The van der Waals surface area contributed by atoms with Crippen LogP contribution in [0.15, 0.2) is 66.9 Å². The molecule has 1 aromatic heterocycles. The molecule has 3 aromatic carbocycles. The van der Waals surface area contributed by atoms with Crippen LogP contribution in [0.1, 0.15) is 31.9 Å². The number of aromatic nitrogens is 1. The summed E-state index contributed by atoms with van der Waals surface area (Å²) in [5, 5.41) is 10.4. The number of methoxy groups -OCH3 is 1. The van der Waals surface area contributed by atoms with Gasteiger partial charge in [0, 0.05) is 20.7 Å². The van der Waals surface area contributed by atoms with Crippen LogP contribution in [0.3, 0.4) is 0 Å². The highest BCUT2D eigenvalue weighted by molar-refractivity contribution is 9.13. The number of rotatable bonds is 4. The second-order valence-corrected chi connectivity index (χ2v) is 10.0. The number of aromatic hydroxyl groups is 1. The van der Waals surface area contributed by atoms with Crippen molar-refractivity contribution in [2.45, 2.75) is 26.2 Å². The molecule has 0 aliphatic rings. The molecule has 0 unspecified atom stereocenters. The Morgan fingerprint density at radius 1 is 1.06 bits per heavy atom. The van der Waals surface area contributed by atoms with Crippen LogP contribution in [0.4, 0.5) is 5.69 Å². The van der Waals surface area contributed by atoms with Crippen molar-refractivity contribution in [3.05, 3.63) is 68.6 Å². The second-order valence-electron chi connectivity index (χ2n) is 8.39. The molecule has 0 atom stereocenters. The number of hydrogen-bond acceptors (Lipinski definition) is 5. The van der Waals surface area contributed by atoms with Crippen molar-refractivity contribution in [1.82, 2.24) is 4.98 Å². The minimum atomic E-state index is 0.0176. The van der Waals surface area contributed by atoms with E-state index in [4.69, 9.17) is 9.15 Å². The Bertz CT molecular complexity index is 1320. The lowest BCUT2D eigenvalue weighted by Gasteiger charge is -2.18. The van der Waals surface area contributed by atoms with Crippen LogP contribution in [-0.4, -0.2) is 23.4 Å². The Morgan fingerprint density at radius 3 is 2.44 bits per heavy atom. The standard InChI is InChI=1S/C25H22Br2N2O3/c1-25(2,3)15-7-10-20-19(11-15)29-24(32-20)14-5-8-16(9-6-14)28-13-17-22(27)18(26)12-21(31-4)23(17)30/h5-13,30H,1-4H3. The van der Waals surface area contributed by atoms with E-state index in [0.717, 1.165) is 26.8 Å². The smallest absolute Gasteiger partial charge is 0.227 e. The molecule has 1 N–H and O–H groups in total. The molecule has 0 bridgehead atoms. The van der Waals surface area contributed by atoms with Gasteiger partial charge in [-0.2, -0.15) is 0 Å². The quantitative estimate of drug-likeness (QED) is 0.260. The number of hydrogen-bond donors (Lipinski definition) is 1. The topological polar surface area (TPSA) is 67.9 Å². The number of oxazole rings is 1. The van der Waals surface area contributed by atoms with Crippen LogP contribution in [0.5, 0.6) is 11.5 Å². The van der Waals surface area contributed by atoms with E-state index in [0.29, 0.717) is 21.7 Å². The van der Waals surface area contributed by atoms with Gasteiger partial charge in [-0.1, -0.05) is 26.8 Å². The molecule has 4 rings (SSSR count). The number of ether oxygens (including phenoxy) is 1. The van der Waals surface area contributed by atoms with E-state index in [2.05, 4.69) is 74.7 Å². The van der Waals surface area contributed by atoms with Crippen LogP contribution in [0.2, 0.25) is 0 Å². The average molecular weight is 558 g/mol. The minimum absolute atomic E-state index is 0.0176. The van der Waals surface area contributed by atoms with Crippen LogP contribution >= 0.6 is 31.9 Å². The summed E-state index contributed by atoms with van der Waals surface area (Å²) in [4.78, 5) is 9.16. The number of nitrogens with zero attached hydrogens (tertiary/aromatic N) is 2. The van der Waals surface area contributed by atoms with Gasteiger partial charge in [-0.3, -0.25) is 4.99 Å². The molecule has 0 aliphatic heterocycles. The Balaban J connectivity index is 1.61. The largest absolute Gasteiger partial charge is 0.504 e. The molecule has 164 valence electrons. The van der Waals surface area contributed by atoms with E-state index in [1.165, 1.54) is 12.7 Å². The van der Waals surface area contributed by atoms with Gasteiger partial charge in [0.25, 0.3) is 0 Å². The zero-order valence-corrected chi connectivity index (χ0v) is 21.3. The maximum Gasteiger partial charge on any atom is 0.227 e. The van der Waals surface area contributed by atoms with Crippen molar-refractivity contribution in [1.29, 1.82) is 0 Å². The van der Waals surface area contributed by atoms with Gasteiger partial charge < -0.3 is 14.3 Å². The molecule has 1 heterocycles. The van der Waals surface area contributed by atoms with Crippen molar-refractivity contribution in [3.63, 3.8) is 0 Å². The van der Waals surface area contributed by atoms with E-state index in [-0.39, 0.29) is 11.2 Å². The highest BCUT2D eigenvalue weighted by atomic mass is 79.9. The maximum absolute atomic E-state index is 10.4. The molecule has 32 heavy (non-hydrogen) atoms. The predicted molar refractivity (Wildman–Crippen MR) is 135 cm³/mol. The van der Waals surface area contributed by atoms with Gasteiger partial charge in [-0.05, 0) is 85.3 Å². The summed E-state index contributed by atoms with van der Waals surface area (Å²) < 4.78 is 12.6. The van der Waals surface area contributed by atoms with Gasteiger partial charge in [0.2, 0.25) is 5.89 Å². The summed E-state index contributed by atoms with van der Waals surface area (Å²) in [6.45, 7) is 6.53. The molecular weight excluding hydrogens is 536 g/mol. The fraction of sp³-hybridized carbons (Fsp3) is 0.200. The molecule has 0 saturated heterocycles. The number of fused-ring (bicyclic) bond motifs is 1. The molecule has 0 aliphatic carbocycles. The third-order valence-corrected chi connectivity index (χ3v) is 7.13. The van der Waals surface area contributed by atoms with Gasteiger partial charge in [0.05, 0.1) is 18.4 Å². The van der Waals surface area contributed by atoms with Gasteiger partial charge in [-0.25, -0.2) is 4.98 Å². The minimum Gasteiger partial charge on any atom is -0.504 e. The molecule has 0 radical (unpaired) electrons. The van der Waals surface area contributed by atoms with Crippen LogP contribution in [0.25, 0.3) is 22.6 Å². The average Bonchev–Trinajstić information content (AvgIpc) is 3.19. The maximum atomic E-state index is 10.4. The molecule has 4 aromatic rings. The molecule has 0 fully saturated rings. The molecule has 5 nitrogen and oxygen atoms in total. The lowest BCUT2D eigenvalue weighted by molar-refractivity contribution is 0.372. The summed E-state index contributed by atoms with van der Waals surface area (Å²) >= 11 is 6.92. The van der Waals surface area contributed by atoms with Crippen molar-refractivity contribution < 1.29 is 14.3 Å². The first-order valence-electron chi connectivity index (χ1n) is 9.98. The molecule has 7 heteroatoms. The first-order chi connectivity index (χ1) is 15.2. The monoisotopic (exact) mass is 556 g/mol. The van der Waals surface area contributed by atoms with Crippen molar-refractivity contribution in [2.75, 3.05) is 7.11 Å². The lowest BCUT2D eigenvalue weighted by Crippen LogP contribution is -2.10. The third kappa shape index (κ3) is 4.45. The zero-order chi connectivity index (χ0) is 23.0. The van der Waals surface area contributed by atoms with E-state index < -0.39 is 0 Å². The second kappa shape index (κ2) is 8.71. The number of phenols is 1. The number of aliphatic imine (C=N–C) groups is 1. The highest BCUT2D eigenvalue weighted by Crippen LogP contribution is 2.39. The fourth-order valence-electron chi connectivity index (χ4n) is 3.23. The predicted octanol–water partition coefficient (Wildman–Crippen LogP) is 7.78. The fourth-order valence-corrected chi connectivity index (χ4v) is 4.06. The van der Waals surface area contributed by atoms with Crippen LogP contribution in [-0.2, 0) is 5.41 Å². The molecule has 0 spiro atoms. The van der Waals surface area contributed by atoms with Crippen LogP contribution in [0, 0.1) is 0 Å². The van der Waals surface area contributed by atoms with E-state index in [1.54, 1.807) is 12.3 Å². The summed E-state index contributed by atoms with van der Waals surface area (Å²) in [6.07, 6.45) is 1.59. The third-order valence-electron chi connectivity index (χ3n) is 5.12. The normalized spacial score (nSPS) is 12.1. The first-order valence-corrected chi connectivity index (χ1v) is 11.6. The molecule has 0 amide bonds. The lowest BCUT2D eigenvalue weighted by atomic mass is 9.87. The van der Waals surface area contributed by atoms with E-state index in [1.807, 2.05) is 30.3 Å². The Kier molecular flexibility index (Phi) is 6.14. The van der Waals surface area contributed by atoms with Crippen molar-refractivity contribution in [2.24, 2.45) is 4.99 Å². The Morgan fingerprint density at radius 2 is 1.78 bits per heavy atom. The molecular formula is C25H22Br2N2O3. The number of phenolic OH excluding ortho intramolecular Hbond substituents is 1. The van der Waals surface area contributed by atoms with Crippen molar-refractivity contribution in [3.8, 4) is 23.0 Å². The van der Waals surface area contributed by atoms with Crippen LogP contribution < -0.4 is 4.74 Å².